The summed E-state index contributed by atoms with van der Waals surface area (Å²) in [5.74, 6) is 0.223. The number of carbonyl (C=O) groups is 3. The van der Waals surface area contributed by atoms with Crippen molar-refractivity contribution >= 4 is 109 Å². The molecule has 0 saturated heterocycles. The number of aryl methyl sites for hydroxylation is 4. The lowest BCUT2D eigenvalue weighted by molar-refractivity contribution is 0.0984. The molecule has 16 aromatic carbocycles. The molecule has 0 aliphatic carbocycles. The molecule has 0 aliphatic heterocycles. The minimum atomic E-state index is -0.448. The maximum absolute atomic E-state index is 14.1. The van der Waals surface area contributed by atoms with Crippen LogP contribution in [-0.2, 0) is 45.5 Å². The van der Waals surface area contributed by atoms with E-state index in [2.05, 4.69) is 355 Å². The fraction of sp³-hybridized carbons (Fsp3) is 0.0660. The maximum Gasteiger partial charge on any atom is 0.170 e. The van der Waals surface area contributed by atoms with Crippen molar-refractivity contribution in [2.24, 2.45) is 0 Å². The van der Waals surface area contributed by atoms with Gasteiger partial charge in [0.1, 0.15) is 0 Å². The van der Waals surface area contributed by atoms with Gasteiger partial charge in [0.05, 0.1) is 32.7 Å². The van der Waals surface area contributed by atoms with Crippen LogP contribution < -0.4 is 0 Å². The highest BCUT2D eigenvalue weighted by Crippen LogP contribution is 2.43. The Hall–Kier alpha value is -10.7. The Labute approximate surface area is 717 Å². The number of rotatable bonds is 28. The average molecular weight is 1660 g/mol. The largest absolute Gasteiger partial charge is 0.295 e. The molecule has 16 aromatic rings. The molecule has 0 spiro atoms. The topological polar surface area (TPSA) is 51.2 Å². The first kappa shape index (κ1) is 80.1. The molecule has 570 valence electrons. The van der Waals surface area contributed by atoms with Gasteiger partial charge in [-0.15, -0.1) is 0 Å². The smallest absolute Gasteiger partial charge is 0.170 e. The second-order valence-electron chi connectivity index (χ2n) is 28.7. The van der Waals surface area contributed by atoms with Crippen molar-refractivity contribution in [2.45, 2.75) is 140 Å². The minimum absolute atomic E-state index is 0.0548. The highest BCUT2D eigenvalue weighted by atomic mass is 32.2. The van der Waals surface area contributed by atoms with Gasteiger partial charge in [-0.05, 0) is 298 Å². The molecular formula is C106H83O3S8+3. The van der Waals surface area contributed by atoms with Crippen LogP contribution in [0, 0.1) is 27.7 Å². The van der Waals surface area contributed by atoms with Gasteiger partial charge in [0.15, 0.2) is 61.4 Å². The van der Waals surface area contributed by atoms with Crippen LogP contribution in [0.15, 0.2) is 481 Å². The van der Waals surface area contributed by atoms with Crippen LogP contribution in [-0.4, -0.2) is 17.3 Å². The summed E-state index contributed by atoms with van der Waals surface area (Å²) in [6.45, 7) is 10.2. The molecular weight excluding hydrogens is 1580 g/mol. The molecule has 11 heteroatoms. The van der Waals surface area contributed by atoms with Gasteiger partial charge in [0, 0.05) is 90.1 Å². The lowest BCUT2D eigenvalue weighted by Gasteiger charge is -2.13. The highest BCUT2D eigenvalue weighted by molar-refractivity contribution is 8.01. The van der Waals surface area contributed by atoms with E-state index in [0.717, 1.165) is 67.0 Å². The van der Waals surface area contributed by atoms with Crippen molar-refractivity contribution in [3.8, 4) is 22.3 Å². The number of Topliss-reactive ketones (excluding diaryl/α,β-unsaturated/α-hetero) is 3. The SMILES string of the molecule is CC(=O)c1ccc(Sc2ccc([S+](c3ccc(Sc4ccc(C(=O)Cc5cccc(-c6ccc(Sc7ccc([S+](c8ccccc8)c8ccc(-c9ccccc9)cc8)cc7)cc6)c5)cc4)cc3)c3ccc(Sc4ccc(C(=O)Cc5cc(Sc6ccc(C)c([S+](c7ccc(C)cc7)c7ccc(C)cc7)c6)ccc5C)cc4)cc3)cc2)cc1. The third-order valence-electron chi connectivity index (χ3n) is 20.2. The van der Waals surface area contributed by atoms with Gasteiger partial charge in [0.25, 0.3) is 0 Å². The highest BCUT2D eigenvalue weighted by Gasteiger charge is 2.33. The summed E-state index contributed by atoms with van der Waals surface area (Å²) in [5.41, 5.74) is 13.6. The van der Waals surface area contributed by atoms with E-state index < -0.39 is 10.9 Å². The van der Waals surface area contributed by atoms with E-state index in [-0.39, 0.29) is 39.1 Å². The third-order valence-corrected chi connectivity index (χ3v) is 32.1. The summed E-state index contributed by atoms with van der Waals surface area (Å²) in [7, 11) is -0.980. The predicted octanol–water partition coefficient (Wildman–Crippen LogP) is 29.3. The molecule has 2 unspecified atom stereocenters. The van der Waals surface area contributed by atoms with Gasteiger partial charge in [0.2, 0.25) is 0 Å². The van der Waals surface area contributed by atoms with Crippen LogP contribution >= 0.6 is 58.8 Å². The van der Waals surface area contributed by atoms with E-state index in [9.17, 15) is 14.4 Å². The van der Waals surface area contributed by atoms with Crippen molar-refractivity contribution in [3.05, 3.63) is 438 Å². The zero-order valence-corrected chi connectivity index (χ0v) is 71.9. The number of ketones is 3. The van der Waals surface area contributed by atoms with E-state index in [1.54, 1.807) is 65.7 Å². The molecule has 0 aliphatic rings. The first-order valence-electron chi connectivity index (χ1n) is 38.8. The predicted molar refractivity (Wildman–Crippen MR) is 493 cm³/mol. The molecule has 0 bridgehead atoms. The van der Waals surface area contributed by atoms with Gasteiger partial charge < -0.3 is 0 Å². The van der Waals surface area contributed by atoms with Crippen LogP contribution in [0.5, 0.6) is 0 Å². The molecule has 0 saturated carbocycles. The van der Waals surface area contributed by atoms with Gasteiger partial charge in [-0.3, -0.25) is 14.4 Å². The Kier molecular flexibility index (Phi) is 25.8. The second-order valence-corrected chi connectivity index (χ2v) is 40.5. The molecule has 2 atom stereocenters. The van der Waals surface area contributed by atoms with E-state index in [1.165, 1.54) is 81.7 Å². The molecule has 0 aromatic heterocycles. The second kappa shape index (κ2) is 37.7. The van der Waals surface area contributed by atoms with Gasteiger partial charge >= 0.3 is 0 Å². The van der Waals surface area contributed by atoms with Crippen LogP contribution in [0.25, 0.3) is 22.3 Å². The fourth-order valence-electron chi connectivity index (χ4n) is 13.9. The number of benzene rings is 16. The first-order chi connectivity index (χ1) is 57.2. The summed E-state index contributed by atoms with van der Waals surface area (Å²) >= 11 is 8.56. The molecule has 0 heterocycles. The van der Waals surface area contributed by atoms with Crippen molar-refractivity contribution in [2.75, 3.05) is 0 Å². The summed E-state index contributed by atoms with van der Waals surface area (Å²) < 4.78 is 0. The zero-order valence-electron chi connectivity index (χ0n) is 65.4. The molecule has 0 fully saturated rings. The lowest BCUT2D eigenvalue weighted by Crippen LogP contribution is -2.07. The normalized spacial score (nSPS) is 11.8. The first-order valence-corrected chi connectivity index (χ1v) is 46.6. The quantitative estimate of drug-likeness (QED) is 0.0355. The van der Waals surface area contributed by atoms with Crippen LogP contribution in [0.2, 0.25) is 0 Å². The molecule has 3 nitrogen and oxygen atoms in total. The van der Waals surface area contributed by atoms with E-state index in [4.69, 9.17) is 0 Å². The molecule has 117 heavy (non-hydrogen) atoms. The van der Waals surface area contributed by atoms with Crippen molar-refractivity contribution in [1.29, 1.82) is 0 Å². The van der Waals surface area contributed by atoms with Gasteiger partial charge in [-0.1, -0.05) is 228 Å². The fourth-order valence-corrected chi connectivity index (χ4v) is 24.5. The maximum atomic E-state index is 14.1. The Bertz CT molecular complexity index is 6080. The Morgan fingerprint density at radius 3 is 0.974 bits per heavy atom. The van der Waals surface area contributed by atoms with Crippen LogP contribution in [0.1, 0.15) is 71.4 Å². The van der Waals surface area contributed by atoms with Crippen LogP contribution in [0.3, 0.4) is 0 Å². The van der Waals surface area contributed by atoms with E-state index in [1.807, 2.05) is 60.7 Å². The number of hydrogen-bond donors (Lipinski definition) is 0. The molecule has 0 N–H and O–H groups in total. The standard InChI is InChI=1S/C106H83O3S8/c1-72-19-53-102(54-20-72)117(103-55-21-73(2)22-56-103)106-71-95(36-24-75(106)4)114-94-35-23-74(3)85(69-94)70-105(109)83-31-43-89(44-32-83)113-93-51-65-101(66-52-93)116(99-61-47-90(48-62-99)110-86-37-25-78(26-38-86)76(5)107)100-63-49-92(50-64-100)112-88-41-29-82(30-42-88)104(108)68-77-13-12-16-84(67-77)81-27-39-87(40-28-81)111-91-45-59-98(60-46-91)115(96-17-10-7-11-18-96)97-57-33-80(34-58-97)79-14-8-6-9-15-79/h6-67,69,71H,68,70H2,1-5H3/q+3. The molecule has 0 amide bonds. The van der Waals surface area contributed by atoms with Gasteiger partial charge in [-0.25, -0.2) is 0 Å². The van der Waals surface area contributed by atoms with Crippen molar-refractivity contribution < 1.29 is 14.4 Å². The summed E-state index contributed by atoms with van der Waals surface area (Å²) in [6.07, 6.45) is 0.618. The summed E-state index contributed by atoms with van der Waals surface area (Å²) in [6, 6.07) is 138. The summed E-state index contributed by atoms with van der Waals surface area (Å²) in [4.78, 5) is 62.6. The summed E-state index contributed by atoms with van der Waals surface area (Å²) in [5, 5.41) is 0. The van der Waals surface area contributed by atoms with Crippen molar-refractivity contribution in [3.63, 3.8) is 0 Å². The third kappa shape index (κ3) is 20.3. The van der Waals surface area contributed by atoms with E-state index >= 15 is 0 Å². The Balaban J connectivity index is 0.550. The van der Waals surface area contributed by atoms with Crippen molar-refractivity contribution in [1.82, 2.24) is 0 Å². The Morgan fingerprint density at radius 1 is 0.239 bits per heavy atom. The average Bonchev–Trinajstić information content (AvgIpc) is 0.803. The van der Waals surface area contributed by atoms with Gasteiger partial charge in [-0.2, -0.15) is 0 Å². The molecule has 16 rings (SSSR count). The van der Waals surface area contributed by atoms with Crippen LogP contribution in [0.4, 0.5) is 0 Å². The number of carbonyl (C=O) groups excluding carboxylic acids is 3. The van der Waals surface area contributed by atoms with E-state index in [0.29, 0.717) is 29.5 Å². The number of hydrogen-bond acceptors (Lipinski definition) is 8. The lowest BCUT2D eigenvalue weighted by atomic mass is 9.98. The zero-order chi connectivity index (χ0) is 80.1. The molecule has 0 radical (unpaired) electrons. The Morgan fingerprint density at radius 2 is 0.538 bits per heavy atom. The monoisotopic (exact) mass is 1660 g/mol. The minimum Gasteiger partial charge on any atom is -0.295 e.